The van der Waals surface area contributed by atoms with E-state index in [9.17, 15) is 4.39 Å². The first-order chi connectivity index (χ1) is 8.05. The number of benzene rings is 1. The summed E-state index contributed by atoms with van der Waals surface area (Å²) >= 11 is 0. The van der Waals surface area contributed by atoms with Gasteiger partial charge in [-0.15, -0.1) is 0 Å². The number of hydrogen-bond donors (Lipinski definition) is 1. The molecule has 1 saturated heterocycles. The molecular weight excluding hydrogens is 217 g/mol. The van der Waals surface area contributed by atoms with Crippen molar-refractivity contribution in [2.45, 2.75) is 44.9 Å². The van der Waals surface area contributed by atoms with Crippen molar-refractivity contribution in [3.05, 3.63) is 35.6 Å². The summed E-state index contributed by atoms with van der Waals surface area (Å²) in [4.78, 5) is 0. The van der Waals surface area contributed by atoms with E-state index in [1.165, 1.54) is 12.1 Å². The molecule has 0 aliphatic carbocycles. The molecule has 0 radical (unpaired) electrons. The van der Waals surface area contributed by atoms with Crippen LogP contribution in [0.5, 0.6) is 0 Å². The van der Waals surface area contributed by atoms with Crippen molar-refractivity contribution in [3.63, 3.8) is 0 Å². The van der Waals surface area contributed by atoms with Crippen LogP contribution >= 0.6 is 0 Å². The summed E-state index contributed by atoms with van der Waals surface area (Å²) in [6, 6.07) is 7.15. The largest absolute Gasteiger partial charge is 0.375 e. The van der Waals surface area contributed by atoms with Gasteiger partial charge in [0.25, 0.3) is 0 Å². The van der Waals surface area contributed by atoms with Gasteiger partial charge in [-0.3, -0.25) is 0 Å². The Balaban J connectivity index is 1.84. The molecule has 1 aromatic rings. The van der Waals surface area contributed by atoms with Crippen LogP contribution < -0.4 is 5.32 Å². The molecule has 94 valence electrons. The van der Waals surface area contributed by atoms with Crippen molar-refractivity contribution in [2.75, 3.05) is 6.61 Å². The predicted octanol–water partition coefficient (Wildman–Crippen LogP) is 2.87. The van der Waals surface area contributed by atoms with Gasteiger partial charge in [-0.25, -0.2) is 4.39 Å². The fraction of sp³-hybridized carbons (Fsp3) is 0.571. The smallest absolute Gasteiger partial charge is 0.123 e. The molecule has 0 amide bonds. The summed E-state index contributed by atoms with van der Waals surface area (Å²) in [5.74, 6) is -0.180. The van der Waals surface area contributed by atoms with Crippen molar-refractivity contribution in [2.24, 2.45) is 0 Å². The van der Waals surface area contributed by atoms with Crippen molar-refractivity contribution >= 4 is 0 Å². The molecular formula is C14H20FNO. The topological polar surface area (TPSA) is 21.3 Å². The lowest BCUT2D eigenvalue weighted by atomic mass is 9.94. The fourth-order valence-corrected chi connectivity index (χ4v) is 2.27. The summed E-state index contributed by atoms with van der Waals surface area (Å²) in [6.07, 6.45) is 2.07. The molecule has 1 aliphatic rings. The van der Waals surface area contributed by atoms with Gasteiger partial charge in [0.2, 0.25) is 0 Å². The Kier molecular flexibility index (Phi) is 3.79. The Bertz CT molecular complexity index is 361. The van der Waals surface area contributed by atoms with Crippen LogP contribution in [0.4, 0.5) is 4.39 Å². The van der Waals surface area contributed by atoms with E-state index < -0.39 is 0 Å². The van der Waals surface area contributed by atoms with E-state index in [1.54, 1.807) is 0 Å². The van der Waals surface area contributed by atoms with Crippen LogP contribution in [0.1, 0.15) is 32.3 Å². The lowest BCUT2D eigenvalue weighted by Crippen LogP contribution is -2.43. The zero-order chi connectivity index (χ0) is 12.3. The third-order valence-electron chi connectivity index (χ3n) is 3.21. The number of rotatable bonds is 3. The Labute approximate surface area is 102 Å². The summed E-state index contributed by atoms with van der Waals surface area (Å²) < 4.78 is 18.4. The van der Waals surface area contributed by atoms with Crippen molar-refractivity contribution < 1.29 is 9.13 Å². The minimum atomic E-state index is -0.180. The van der Waals surface area contributed by atoms with Gasteiger partial charge >= 0.3 is 0 Å². The van der Waals surface area contributed by atoms with Gasteiger partial charge in [0.1, 0.15) is 5.82 Å². The van der Waals surface area contributed by atoms with Crippen LogP contribution in [0.15, 0.2) is 24.3 Å². The van der Waals surface area contributed by atoms with Gasteiger partial charge in [-0.05, 0) is 44.4 Å². The van der Waals surface area contributed by atoms with Gasteiger partial charge in [0, 0.05) is 19.2 Å². The lowest BCUT2D eigenvalue weighted by molar-refractivity contribution is -0.0630. The van der Waals surface area contributed by atoms with Gasteiger partial charge in [0.15, 0.2) is 0 Å². The highest BCUT2D eigenvalue weighted by Gasteiger charge is 2.28. The highest BCUT2D eigenvalue weighted by molar-refractivity contribution is 5.15. The first-order valence-electron chi connectivity index (χ1n) is 6.17. The van der Waals surface area contributed by atoms with Gasteiger partial charge in [-0.1, -0.05) is 12.1 Å². The Morgan fingerprint density at radius 2 is 2.06 bits per heavy atom. The van der Waals surface area contributed by atoms with E-state index in [4.69, 9.17) is 4.74 Å². The molecule has 1 N–H and O–H groups in total. The molecule has 1 atom stereocenters. The maximum atomic E-state index is 12.7. The van der Waals surface area contributed by atoms with Gasteiger partial charge in [-0.2, -0.15) is 0 Å². The standard InChI is InChI=1S/C14H20FNO/c1-14(2)9-13(7-8-17-14)16-10-11-3-5-12(15)6-4-11/h3-6,13,16H,7-10H2,1-2H3. The van der Waals surface area contributed by atoms with Crippen molar-refractivity contribution in [1.82, 2.24) is 5.32 Å². The van der Waals surface area contributed by atoms with Crippen molar-refractivity contribution in [3.8, 4) is 0 Å². The summed E-state index contributed by atoms with van der Waals surface area (Å²) in [6.45, 7) is 5.85. The van der Waals surface area contributed by atoms with Crippen LogP contribution in [0.25, 0.3) is 0 Å². The third kappa shape index (κ3) is 3.79. The molecule has 1 fully saturated rings. The SMILES string of the molecule is CC1(C)CC(NCc2ccc(F)cc2)CCO1. The van der Waals surface area contributed by atoms with Gasteiger partial charge in [0.05, 0.1) is 5.60 Å². The molecule has 1 unspecified atom stereocenters. The number of nitrogens with one attached hydrogen (secondary N) is 1. The first-order valence-corrected chi connectivity index (χ1v) is 6.17. The maximum absolute atomic E-state index is 12.7. The lowest BCUT2D eigenvalue weighted by Gasteiger charge is -2.36. The molecule has 2 nitrogen and oxygen atoms in total. The highest BCUT2D eigenvalue weighted by atomic mass is 19.1. The average Bonchev–Trinajstić information content (AvgIpc) is 2.27. The number of halogens is 1. The Morgan fingerprint density at radius 3 is 2.71 bits per heavy atom. The van der Waals surface area contributed by atoms with Crippen LogP contribution in [0.2, 0.25) is 0 Å². The number of ether oxygens (including phenoxy) is 1. The molecule has 0 aromatic heterocycles. The van der Waals surface area contributed by atoms with E-state index in [0.717, 1.165) is 31.6 Å². The normalized spacial score (nSPS) is 23.6. The Morgan fingerprint density at radius 1 is 1.35 bits per heavy atom. The molecule has 2 rings (SSSR count). The molecule has 0 bridgehead atoms. The van der Waals surface area contributed by atoms with Crippen LogP contribution in [0.3, 0.4) is 0 Å². The van der Waals surface area contributed by atoms with Crippen LogP contribution in [-0.2, 0) is 11.3 Å². The van der Waals surface area contributed by atoms with E-state index >= 15 is 0 Å². The molecule has 1 aromatic carbocycles. The molecule has 3 heteroatoms. The molecule has 17 heavy (non-hydrogen) atoms. The quantitative estimate of drug-likeness (QED) is 0.872. The molecule has 1 aliphatic heterocycles. The zero-order valence-corrected chi connectivity index (χ0v) is 10.5. The number of hydrogen-bond acceptors (Lipinski definition) is 2. The summed E-state index contributed by atoms with van der Waals surface area (Å²) in [7, 11) is 0. The highest BCUT2D eigenvalue weighted by Crippen LogP contribution is 2.24. The van der Waals surface area contributed by atoms with Crippen LogP contribution in [-0.4, -0.2) is 18.2 Å². The second-order valence-electron chi connectivity index (χ2n) is 5.31. The van der Waals surface area contributed by atoms with E-state index in [-0.39, 0.29) is 11.4 Å². The van der Waals surface area contributed by atoms with E-state index in [1.807, 2.05) is 12.1 Å². The first kappa shape index (κ1) is 12.5. The zero-order valence-electron chi connectivity index (χ0n) is 10.5. The van der Waals surface area contributed by atoms with Crippen molar-refractivity contribution in [1.29, 1.82) is 0 Å². The third-order valence-corrected chi connectivity index (χ3v) is 3.21. The summed E-state index contributed by atoms with van der Waals surface area (Å²) in [5, 5.41) is 3.51. The average molecular weight is 237 g/mol. The predicted molar refractivity (Wildman–Crippen MR) is 66.3 cm³/mol. The minimum Gasteiger partial charge on any atom is -0.375 e. The van der Waals surface area contributed by atoms with Crippen LogP contribution in [0, 0.1) is 5.82 Å². The molecule has 1 heterocycles. The molecule has 0 spiro atoms. The van der Waals surface area contributed by atoms with E-state index in [2.05, 4.69) is 19.2 Å². The second-order valence-corrected chi connectivity index (χ2v) is 5.31. The second kappa shape index (κ2) is 5.15. The summed E-state index contributed by atoms with van der Waals surface area (Å²) in [5.41, 5.74) is 1.09. The fourth-order valence-electron chi connectivity index (χ4n) is 2.27. The molecule has 0 saturated carbocycles. The Hall–Kier alpha value is -0.930. The van der Waals surface area contributed by atoms with Gasteiger partial charge < -0.3 is 10.1 Å². The van der Waals surface area contributed by atoms with E-state index in [0.29, 0.717) is 6.04 Å². The monoisotopic (exact) mass is 237 g/mol. The minimum absolute atomic E-state index is 0.0291. The maximum Gasteiger partial charge on any atom is 0.123 e.